The first kappa shape index (κ1) is 30.4. The van der Waals surface area contributed by atoms with Crippen molar-refractivity contribution in [2.75, 3.05) is 14.2 Å². The summed E-state index contributed by atoms with van der Waals surface area (Å²) < 4.78 is 57.5. The topological polar surface area (TPSA) is 108 Å². The van der Waals surface area contributed by atoms with Crippen LogP contribution in [0, 0.1) is 19.9 Å². The summed E-state index contributed by atoms with van der Waals surface area (Å²) in [5.74, 6) is 0. The first-order chi connectivity index (χ1) is 12.0. The van der Waals surface area contributed by atoms with E-state index in [0.29, 0.717) is 0 Å². The summed E-state index contributed by atoms with van der Waals surface area (Å²) >= 11 is 0. The molecule has 0 amide bonds. The second-order valence-corrected chi connectivity index (χ2v) is 5.83. The minimum Gasteiger partial charge on any atom is -0.400 e. The zero-order valence-corrected chi connectivity index (χ0v) is 18.2. The number of aliphatic hydroxyl groups is 2. The van der Waals surface area contributed by atoms with Crippen LogP contribution in [0.25, 0.3) is 11.3 Å². The van der Waals surface area contributed by atoms with Gasteiger partial charge in [-0.05, 0) is 18.2 Å². The van der Waals surface area contributed by atoms with E-state index in [4.69, 9.17) is 23.2 Å². The Morgan fingerprint density at radius 2 is 1.41 bits per heavy atom. The Balaban J connectivity index is -0.000000385. The number of halogens is 3. The Labute approximate surface area is 170 Å². The molecule has 0 saturated carbocycles. The van der Waals surface area contributed by atoms with Crippen molar-refractivity contribution in [3.63, 3.8) is 0 Å². The van der Waals surface area contributed by atoms with Crippen molar-refractivity contribution in [3.8, 4) is 11.3 Å². The second-order valence-electron chi connectivity index (χ2n) is 4.42. The first-order valence-electron chi connectivity index (χ1n) is 6.85. The quantitative estimate of drug-likeness (QED) is 0.269. The molecular formula is C16H21F3IrNO5S-. The smallest absolute Gasteiger partial charge is 0.400 e. The minimum atomic E-state index is -5.84. The predicted octanol–water partition coefficient (Wildman–Crippen LogP) is 2.77. The van der Waals surface area contributed by atoms with E-state index in [9.17, 15) is 13.2 Å². The van der Waals surface area contributed by atoms with E-state index in [0.717, 1.165) is 25.5 Å². The summed E-state index contributed by atoms with van der Waals surface area (Å²) in [5, 5.41) is 14.0. The van der Waals surface area contributed by atoms with E-state index in [2.05, 4.69) is 30.1 Å². The molecule has 1 aromatic heterocycles. The molecule has 0 spiro atoms. The average Bonchev–Trinajstić information content (AvgIpc) is 2.59. The Bertz CT molecular complexity index is 678. The number of pyridine rings is 1. The van der Waals surface area contributed by atoms with E-state index in [1.165, 1.54) is 11.1 Å². The molecule has 0 aliphatic rings. The number of hydrogen-bond acceptors (Lipinski definition) is 5. The third kappa shape index (κ3) is 12.6. The van der Waals surface area contributed by atoms with Crippen LogP contribution in [-0.2, 0) is 30.2 Å². The van der Waals surface area contributed by atoms with Gasteiger partial charge in [-0.15, -0.1) is 35.4 Å². The van der Waals surface area contributed by atoms with Crippen LogP contribution in [0.3, 0.4) is 0 Å². The number of aliphatic hydroxyl groups excluding tert-OH is 2. The average molecular weight is 589 g/mol. The molecule has 0 aliphatic heterocycles. The zero-order chi connectivity index (χ0) is 21.0. The van der Waals surface area contributed by atoms with Gasteiger partial charge in [0.1, 0.15) is 0 Å². The van der Waals surface area contributed by atoms with Gasteiger partial charge in [0.2, 0.25) is 0 Å². The zero-order valence-electron chi connectivity index (χ0n) is 14.9. The van der Waals surface area contributed by atoms with Crippen molar-refractivity contribution >= 4 is 10.1 Å². The normalized spacial score (nSPS) is 9.85. The fraction of sp³-hybridized carbons (Fsp3) is 0.312. The molecule has 2 aromatic rings. The van der Waals surface area contributed by atoms with E-state index in [1.54, 1.807) is 0 Å². The van der Waals surface area contributed by atoms with E-state index >= 15 is 0 Å². The summed E-state index contributed by atoms with van der Waals surface area (Å²) in [6.45, 7) is 4.10. The van der Waals surface area contributed by atoms with E-state index < -0.39 is 15.6 Å². The standard InChI is InChI=1S/C13H12N.CHF3O3S.2CH4O.Ir/c1-10-3-6-12(7-4-10)13-8-5-11(2)9-14-13;2-1(3,4)8(5,6)7;2*1-2;/h3-6,8-9H,1-2H3;(H,5,6,7);2*2H,1H3;/q-1;;;;. The van der Waals surface area contributed by atoms with Crippen LogP contribution in [0.2, 0.25) is 0 Å². The van der Waals surface area contributed by atoms with Gasteiger partial charge in [-0.2, -0.15) is 21.6 Å². The number of aryl methyl sites for hydroxylation is 2. The summed E-state index contributed by atoms with van der Waals surface area (Å²) in [6.07, 6.45) is 1.88. The summed E-state index contributed by atoms with van der Waals surface area (Å²) in [5.41, 5.74) is -1.10. The maximum Gasteiger partial charge on any atom is 0.522 e. The van der Waals surface area contributed by atoms with Crippen molar-refractivity contribution in [2.45, 2.75) is 19.4 Å². The maximum atomic E-state index is 10.7. The van der Waals surface area contributed by atoms with Crippen molar-refractivity contribution in [1.29, 1.82) is 0 Å². The van der Waals surface area contributed by atoms with Crippen molar-refractivity contribution in [1.82, 2.24) is 4.98 Å². The number of rotatable bonds is 1. The molecule has 6 nitrogen and oxygen atoms in total. The fourth-order valence-electron chi connectivity index (χ4n) is 1.29. The van der Waals surface area contributed by atoms with Crippen LogP contribution < -0.4 is 0 Å². The van der Waals surface area contributed by atoms with Crippen LogP contribution in [-0.4, -0.2) is 47.9 Å². The van der Waals surface area contributed by atoms with Crippen LogP contribution in [0.4, 0.5) is 13.2 Å². The molecule has 1 aromatic carbocycles. The predicted molar refractivity (Wildman–Crippen MR) is 91.9 cm³/mol. The number of aromatic nitrogens is 1. The van der Waals surface area contributed by atoms with Crippen LogP contribution in [0.5, 0.6) is 0 Å². The molecule has 1 radical (unpaired) electrons. The van der Waals surface area contributed by atoms with Gasteiger partial charge in [0.05, 0.1) is 0 Å². The SMILES string of the molecule is CO.CO.Cc1c[c-]c(-c2ccc(C)cn2)cc1.O=S(=O)(O)C(F)(F)F.[Ir]. The molecule has 0 saturated heterocycles. The van der Waals surface area contributed by atoms with Gasteiger partial charge >= 0.3 is 15.6 Å². The van der Waals surface area contributed by atoms with Gasteiger partial charge in [-0.25, -0.2) is 0 Å². The largest absolute Gasteiger partial charge is 0.522 e. The molecule has 0 unspecified atom stereocenters. The number of benzene rings is 1. The van der Waals surface area contributed by atoms with Gasteiger partial charge in [0.15, 0.2) is 0 Å². The Kier molecular flexibility index (Phi) is 16.5. The molecule has 3 N–H and O–H groups in total. The molecule has 2 rings (SSSR count). The van der Waals surface area contributed by atoms with Gasteiger partial charge in [0, 0.05) is 40.5 Å². The Morgan fingerprint density at radius 1 is 0.963 bits per heavy atom. The fourth-order valence-corrected chi connectivity index (χ4v) is 1.29. The minimum absolute atomic E-state index is 0. The van der Waals surface area contributed by atoms with Gasteiger partial charge in [-0.1, -0.05) is 19.1 Å². The third-order valence-corrected chi connectivity index (χ3v) is 3.03. The summed E-state index contributed by atoms with van der Waals surface area (Å²) in [7, 11) is -3.84. The monoisotopic (exact) mass is 589 g/mol. The van der Waals surface area contributed by atoms with Crippen molar-refractivity contribution < 1.29 is 56.5 Å². The molecule has 157 valence electrons. The Morgan fingerprint density at radius 3 is 1.70 bits per heavy atom. The third-order valence-electron chi connectivity index (χ3n) is 2.45. The first-order valence-corrected chi connectivity index (χ1v) is 8.29. The van der Waals surface area contributed by atoms with E-state index in [-0.39, 0.29) is 20.1 Å². The van der Waals surface area contributed by atoms with Crippen LogP contribution >= 0.6 is 0 Å². The van der Waals surface area contributed by atoms with Crippen LogP contribution in [0.15, 0.2) is 36.5 Å². The molecule has 0 aliphatic carbocycles. The number of alkyl halides is 3. The molecule has 0 fully saturated rings. The van der Waals surface area contributed by atoms with Gasteiger partial charge in [0.25, 0.3) is 0 Å². The molecule has 11 heteroatoms. The van der Waals surface area contributed by atoms with Crippen molar-refractivity contribution in [2.24, 2.45) is 0 Å². The van der Waals surface area contributed by atoms with Crippen LogP contribution in [0.1, 0.15) is 11.1 Å². The maximum absolute atomic E-state index is 10.7. The Hall–Kier alpha value is -1.36. The summed E-state index contributed by atoms with van der Waals surface area (Å²) in [4.78, 5) is 4.35. The molecule has 27 heavy (non-hydrogen) atoms. The van der Waals surface area contributed by atoms with Gasteiger partial charge < -0.3 is 15.2 Å². The van der Waals surface area contributed by atoms with Crippen molar-refractivity contribution in [3.05, 3.63) is 53.7 Å². The number of hydrogen-bond donors (Lipinski definition) is 3. The van der Waals surface area contributed by atoms with Gasteiger partial charge in [-0.3, -0.25) is 4.55 Å². The molecular weight excluding hydrogens is 567 g/mol. The molecule has 0 bridgehead atoms. The number of nitrogens with zero attached hydrogens (tertiary/aromatic N) is 1. The second kappa shape index (κ2) is 14.7. The summed E-state index contributed by atoms with van der Waals surface area (Å²) in [6, 6.07) is 13.4. The van der Waals surface area contributed by atoms with E-state index in [1.807, 2.05) is 31.3 Å². The molecule has 0 atom stereocenters. The molecule has 1 heterocycles.